The van der Waals surface area contributed by atoms with E-state index in [0.29, 0.717) is 12.4 Å². The first-order valence-corrected chi connectivity index (χ1v) is 11.0. The summed E-state index contributed by atoms with van der Waals surface area (Å²) in [5.74, 6) is 1.88. The van der Waals surface area contributed by atoms with Gasteiger partial charge in [-0.05, 0) is 30.2 Å². The molecular formula is C24H29N7O2. The van der Waals surface area contributed by atoms with Crippen molar-refractivity contribution in [3.05, 3.63) is 48.4 Å². The smallest absolute Gasteiger partial charge is 0.204 e. The van der Waals surface area contributed by atoms with Gasteiger partial charge in [-0.3, -0.25) is 4.68 Å². The summed E-state index contributed by atoms with van der Waals surface area (Å²) in [4.78, 5) is 11.4. The number of guanidine groups is 1. The number of hydrogen-bond acceptors (Lipinski definition) is 8. The largest absolute Gasteiger partial charge is 0.495 e. The summed E-state index contributed by atoms with van der Waals surface area (Å²) in [6.45, 7) is 5.31. The van der Waals surface area contributed by atoms with Crippen molar-refractivity contribution in [2.45, 2.75) is 19.9 Å². The number of nitrogen functional groups attached to an aromatic ring is 1. The minimum absolute atomic E-state index is 0.0623. The van der Waals surface area contributed by atoms with E-state index in [4.69, 9.17) is 20.2 Å². The number of pyridine rings is 1. The van der Waals surface area contributed by atoms with Gasteiger partial charge in [0.2, 0.25) is 5.96 Å². The predicted octanol–water partition coefficient (Wildman–Crippen LogP) is 3.41. The van der Waals surface area contributed by atoms with Crippen molar-refractivity contribution >= 4 is 23.2 Å². The molecule has 0 bridgehead atoms. The zero-order valence-corrected chi connectivity index (χ0v) is 19.2. The van der Waals surface area contributed by atoms with Gasteiger partial charge in [-0.1, -0.05) is 13.0 Å². The minimum atomic E-state index is 0.0623. The highest BCUT2D eigenvalue weighted by atomic mass is 16.5. The lowest BCUT2D eigenvalue weighted by atomic mass is 9.89. The Bertz CT molecular complexity index is 1200. The molecule has 4 heterocycles. The molecular weight excluding hydrogens is 418 g/mol. The van der Waals surface area contributed by atoms with Crippen molar-refractivity contribution in [1.82, 2.24) is 19.7 Å². The molecule has 2 aromatic heterocycles. The van der Waals surface area contributed by atoms with Crippen molar-refractivity contribution in [2.24, 2.45) is 17.5 Å². The summed E-state index contributed by atoms with van der Waals surface area (Å²) in [7, 11) is 3.57. The molecule has 0 spiro atoms. The van der Waals surface area contributed by atoms with Crippen molar-refractivity contribution in [3.8, 4) is 16.9 Å². The molecule has 0 amide bonds. The average Bonchev–Trinajstić information content (AvgIpc) is 3.43. The molecule has 5 rings (SSSR count). The van der Waals surface area contributed by atoms with E-state index >= 15 is 0 Å². The standard InChI is InChI=1S/C24H29N7O2/c1-24(7-9-33-15-24)14-31-13-17-6-8-26-22(25)21(17)29-23(31)28-19-5-4-16(10-20(19)32-3)18-11-27-30(2)12-18/h4-6,8,10-12H,7,9,13-15H2,1-3H3,(H2,25,26)(H,28,29)/t24-/m0/s1. The SMILES string of the molecule is COc1cc(-c2cnn(C)c2)ccc1NC1=Nc2c(ccnc2N)CN1C[C@]1(C)CCOC1. The topological polar surface area (TPSA) is 103 Å². The van der Waals surface area contributed by atoms with Gasteiger partial charge in [0.15, 0.2) is 0 Å². The third-order valence-electron chi connectivity index (χ3n) is 6.27. The van der Waals surface area contributed by atoms with Gasteiger partial charge in [-0.25, -0.2) is 9.98 Å². The number of methoxy groups -OCH3 is 1. The second-order valence-electron chi connectivity index (χ2n) is 9.05. The molecule has 1 fully saturated rings. The van der Waals surface area contributed by atoms with Crippen LogP contribution in [0.4, 0.5) is 17.2 Å². The summed E-state index contributed by atoms with van der Waals surface area (Å²) in [5.41, 5.74) is 10.9. The first-order valence-electron chi connectivity index (χ1n) is 11.0. The molecule has 2 aliphatic heterocycles. The number of anilines is 2. The maximum atomic E-state index is 6.16. The zero-order valence-electron chi connectivity index (χ0n) is 19.2. The molecule has 0 radical (unpaired) electrons. The predicted molar refractivity (Wildman–Crippen MR) is 129 cm³/mol. The molecule has 0 aliphatic carbocycles. The molecule has 0 saturated carbocycles. The molecule has 3 aromatic rings. The number of nitrogens with two attached hydrogens (primary N) is 1. The third-order valence-corrected chi connectivity index (χ3v) is 6.27. The van der Waals surface area contributed by atoms with Crippen molar-refractivity contribution < 1.29 is 9.47 Å². The molecule has 1 aromatic carbocycles. The van der Waals surface area contributed by atoms with Crippen LogP contribution in [-0.4, -0.2) is 52.5 Å². The van der Waals surface area contributed by atoms with E-state index in [9.17, 15) is 0 Å². The fourth-order valence-electron chi connectivity index (χ4n) is 4.42. The number of fused-ring (bicyclic) bond motifs is 1. The lowest BCUT2D eigenvalue weighted by molar-refractivity contribution is 0.141. The number of hydrogen-bond donors (Lipinski definition) is 2. The van der Waals surface area contributed by atoms with Crippen molar-refractivity contribution in [2.75, 3.05) is 37.9 Å². The van der Waals surface area contributed by atoms with Gasteiger partial charge in [0, 0.05) is 55.7 Å². The third kappa shape index (κ3) is 4.23. The number of aryl methyl sites for hydroxylation is 1. The number of nitrogens with one attached hydrogen (secondary N) is 1. The molecule has 2 aliphatic rings. The maximum Gasteiger partial charge on any atom is 0.204 e. The Labute approximate surface area is 193 Å². The summed E-state index contributed by atoms with van der Waals surface area (Å²) in [6, 6.07) is 8.04. The Morgan fingerprint density at radius 1 is 1.27 bits per heavy atom. The summed E-state index contributed by atoms with van der Waals surface area (Å²) in [5, 5.41) is 7.77. The molecule has 33 heavy (non-hydrogen) atoms. The highest BCUT2D eigenvalue weighted by molar-refractivity contribution is 5.99. The van der Waals surface area contributed by atoms with E-state index in [2.05, 4.69) is 27.2 Å². The van der Waals surface area contributed by atoms with Crippen molar-refractivity contribution in [3.63, 3.8) is 0 Å². The van der Waals surface area contributed by atoms with Crippen LogP contribution in [0, 0.1) is 5.41 Å². The Hall–Kier alpha value is -3.59. The fraction of sp³-hybridized carbons (Fsp3) is 0.375. The van der Waals surface area contributed by atoms with Crippen LogP contribution in [0.3, 0.4) is 0 Å². The number of benzene rings is 1. The Morgan fingerprint density at radius 2 is 2.15 bits per heavy atom. The van der Waals surface area contributed by atoms with Gasteiger partial charge in [0.1, 0.15) is 17.3 Å². The number of nitrogens with zero attached hydrogens (tertiary/aromatic N) is 5. The minimum Gasteiger partial charge on any atom is -0.495 e. The molecule has 1 atom stereocenters. The zero-order chi connectivity index (χ0) is 23.0. The van der Waals surface area contributed by atoms with Gasteiger partial charge in [-0.2, -0.15) is 5.10 Å². The number of rotatable bonds is 5. The Balaban J connectivity index is 1.49. The van der Waals surface area contributed by atoms with Crippen LogP contribution in [-0.2, 0) is 18.3 Å². The van der Waals surface area contributed by atoms with Crippen LogP contribution in [0.5, 0.6) is 5.75 Å². The lowest BCUT2D eigenvalue weighted by Gasteiger charge is -2.36. The molecule has 3 N–H and O–H groups in total. The first-order chi connectivity index (χ1) is 15.9. The van der Waals surface area contributed by atoms with Gasteiger partial charge in [0.05, 0.1) is 25.6 Å². The molecule has 1 saturated heterocycles. The average molecular weight is 448 g/mol. The summed E-state index contributed by atoms with van der Waals surface area (Å²) >= 11 is 0. The van der Waals surface area contributed by atoms with E-state index < -0.39 is 0 Å². The highest BCUT2D eigenvalue weighted by Crippen LogP contribution is 2.36. The van der Waals surface area contributed by atoms with Gasteiger partial charge in [-0.15, -0.1) is 0 Å². The van der Waals surface area contributed by atoms with Crippen LogP contribution in [0.1, 0.15) is 18.9 Å². The fourth-order valence-corrected chi connectivity index (χ4v) is 4.42. The molecule has 172 valence electrons. The highest BCUT2D eigenvalue weighted by Gasteiger charge is 2.34. The second-order valence-corrected chi connectivity index (χ2v) is 9.05. The normalized spacial score (nSPS) is 19.8. The Morgan fingerprint density at radius 3 is 2.88 bits per heavy atom. The monoisotopic (exact) mass is 447 g/mol. The molecule has 9 heteroatoms. The summed E-state index contributed by atoms with van der Waals surface area (Å²) in [6.07, 6.45) is 6.57. The lowest BCUT2D eigenvalue weighted by Crippen LogP contribution is -2.44. The van der Waals surface area contributed by atoms with E-state index in [0.717, 1.165) is 66.0 Å². The Kier molecular flexibility index (Phi) is 5.41. The number of aliphatic imine (C=N–C) groups is 1. The van der Waals surface area contributed by atoms with Crippen LogP contribution in [0.2, 0.25) is 0 Å². The van der Waals surface area contributed by atoms with Crippen LogP contribution in [0.25, 0.3) is 11.1 Å². The number of ether oxygens (including phenoxy) is 2. The molecule has 0 unspecified atom stereocenters. The van der Waals surface area contributed by atoms with Gasteiger partial charge < -0.3 is 25.4 Å². The quantitative estimate of drug-likeness (QED) is 0.618. The van der Waals surface area contributed by atoms with E-state index in [1.807, 2.05) is 43.7 Å². The van der Waals surface area contributed by atoms with E-state index in [1.54, 1.807) is 18.0 Å². The molecule has 9 nitrogen and oxygen atoms in total. The van der Waals surface area contributed by atoms with Crippen LogP contribution < -0.4 is 15.8 Å². The summed E-state index contributed by atoms with van der Waals surface area (Å²) < 4.78 is 13.2. The van der Waals surface area contributed by atoms with E-state index in [-0.39, 0.29) is 5.41 Å². The van der Waals surface area contributed by atoms with E-state index in [1.165, 1.54) is 0 Å². The number of aromatic nitrogens is 3. The van der Waals surface area contributed by atoms with Gasteiger partial charge in [0.25, 0.3) is 0 Å². The van der Waals surface area contributed by atoms with Crippen LogP contribution >= 0.6 is 0 Å². The second kappa shape index (κ2) is 8.40. The van der Waals surface area contributed by atoms with Gasteiger partial charge >= 0.3 is 0 Å². The maximum absolute atomic E-state index is 6.16. The first kappa shape index (κ1) is 21.3. The van der Waals surface area contributed by atoms with Crippen LogP contribution in [0.15, 0.2) is 47.8 Å². The van der Waals surface area contributed by atoms with Crippen molar-refractivity contribution in [1.29, 1.82) is 0 Å².